The summed E-state index contributed by atoms with van der Waals surface area (Å²) in [5, 5.41) is 8.70. The number of rotatable bonds is 5. The van der Waals surface area contributed by atoms with Gasteiger partial charge in [0.2, 0.25) is 0 Å². The summed E-state index contributed by atoms with van der Waals surface area (Å²) in [5.41, 5.74) is 1.35. The van der Waals surface area contributed by atoms with Crippen LogP contribution in [0.2, 0.25) is 0 Å². The molecule has 0 aliphatic carbocycles. The van der Waals surface area contributed by atoms with E-state index in [0.29, 0.717) is 25.1 Å². The van der Waals surface area contributed by atoms with Gasteiger partial charge in [-0.25, -0.2) is 4.39 Å². The second-order valence-corrected chi connectivity index (χ2v) is 4.84. The Kier molecular flexibility index (Phi) is 5.56. The molecule has 0 spiro atoms. The molecule has 21 heavy (non-hydrogen) atoms. The van der Waals surface area contributed by atoms with Crippen molar-refractivity contribution in [1.29, 1.82) is 0 Å². The maximum Gasteiger partial charge on any atom is 0.138 e. The monoisotopic (exact) mass is 287 g/mol. The lowest BCUT2D eigenvalue weighted by Crippen LogP contribution is -2.17. The largest absolute Gasteiger partial charge is 0.468 e. The van der Waals surface area contributed by atoms with Gasteiger partial charge in [-0.3, -0.25) is 4.90 Å². The normalized spacial score (nSPS) is 10.5. The van der Waals surface area contributed by atoms with Gasteiger partial charge in [0.25, 0.3) is 0 Å². The zero-order valence-electron chi connectivity index (χ0n) is 12.0. The van der Waals surface area contributed by atoms with E-state index < -0.39 is 0 Å². The molecule has 1 N–H and O–H groups in total. The van der Waals surface area contributed by atoms with Crippen LogP contribution in [0.3, 0.4) is 0 Å². The molecule has 0 radical (unpaired) electrons. The lowest BCUT2D eigenvalue weighted by molar-refractivity contribution is 0.287. The molecule has 3 nitrogen and oxygen atoms in total. The second kappa shape index (κ2) is 7.63. The van der Waals surface area contributed by atoms with Gasteiger partial charge >= 0.3 is 0 Å². The molecule has 0 amide bonds. The Hall–Kier alpha value is -2.09. The number of aliphatic hydroxyl groups is 1. The minimum atomic E-state index is -0.335. The predicted octanol–water partition coefficient (Wildman–Crippen LogP) is 2.78. The van der Waals surface area contributed by atoms with E-state index >= 15 is 0 Å². The van der Waals surface area contributed by atoms with Crippen molar-refractivity contribution in [3.05, 3.63) is 59.3 Å². The van der Waals surface area contributed by atoms with E-state index in [1.54, 1.807) is 18.4 Å². The molecule has 0 saturated carbocycles. The summed E-state index contributed by atoms with van der Waals surface area (Å²) in [4.78, 5) is 2.08. The van der Waals surface area contributed by atoms with Crippen LogP contribution in [0.4, 0.5) is 4.39 Å². The number of hydrogen-bond donors (Lipinski definition) is 1. The van der Waals surface area contributed by atoms with Gasteiger partial charge in [-0.2, -0.15) is 0 Å². The van der Waals surface area contributed by atoms with Crippen molar-refractivity contribution in [2.75, 3.05) is 13.7 Å². The summed E-state index contributed by atoms with van der Waals surface area (Å²) in [6.45, 7) is 1.35. The third-order valence-corrected chi connectivity index (χ3v) is 2.95. The fraction of sp³-hybridized carbons (Fsp3) is 0.294. The van der Waals surface area contributed by atoms with Crippen molar-refractivity contribution in [1.82, 2.24) is 4.90 Å². The highest BCUT2D eigenvalue weighted by molar-refractivity contribution is 5.38. The minimum absolute atomic E-state index is 0.0137. The number of furan rings is 1. The van der Waals surface area contributed by atoms with Gasteiger partial charge in [-0.05, 0) is 36.9 Å². The van der Waals surface area contributed by atoms with E-state index in [-0.39, 0.29) is 12.4 Å². The Morgan fingerprint density at radius 3 is 2.86 bits per heavy atom. The third-order valence-electron chi connectivity index (χ3n) is 2.95. The van der Waals surface area contributed by atoms with Crippen molar-refractivity contribution in [2.24, 2.45) is 0 Å². The highest BCUT2D eigenvalue weighted by Gasteiger charge is 2.06. The molecule has 0 fully saturated rings. The van der Waals surface area contributed by atoms with Crippen LogP contribution >= 0.6 is 0 Å². The molecule has 110 valence electrons. The first-order chi connectivity index (χ1) is 10.2. The van der Waals surface area contributed by atoms with Gasteiger partial charge in [0.15, 0.2) is 0 Å². The first-order valence-electron chi connectivity index (χ1n) is 6.78. The average Bonchev–Trinajstić information content (AvgIpc) is 2.95. The molecule has 4 heteroatoms. The zero-order valence-corrected chi connectivity index (χ0v) is 12.0. The van der Waals surface area contributed by atoms with Gasteiger partial charge in [-0.15, -0.1) is 0 Å². The van der Waals surface area contributed by atoms with Gasteiger partial charge in [0.05, 0.1) is 25.0 Å². The molecule has 1 aromatic heterocycles. The van der Waals surface area contributed by atoms with Crippen LogP contribution in [0.15, 0.2) is 41.0 Å². The third kappa shape index (κ3) is 4.75. The van der Waals surface area contributed by atoms with E-state index in [1.807, 2.05) is 19.2 Å². The van der Waals surface area contributed by atoms with Crippen LogP contribution in [-0.2, 0) is 13.1 Å². The number of benzene rings is 1. The van der Waals surface area contributed by atoms with Crippen molar-refractivity contribution < 1.29 is 13.9 Å². The standard InChI is InChI=1S/C17H18FNO2/c1-19(13-16-6-4-10-21-16)12-14-7-8-17(18)15(11-14)5-2-3-9-20/h4,6-8,10-11,20H,3,9,12-13H2,1H3. The Morgan fingerprint density at radius 1 is 1.29 bits per heavy atom. The SMILES string of the molecule is CN(Cc1ccc(F)c(C#CCCO)c1)Cc1ccco1. The molecule has 2 rings (SSSR count). The van der Waals surface area contributed by atoms with Crippen LogP contribution in [0, 0.1) is 17.7 Å². The maximum atomic E-state index is 13.6. The van der Waals surface area contributed by atoms with Gasteiger partial charge < -0.3 is 9.52 Å². The molecule has 0 bridgehead atoms. The number of aliphatic hydroxyl groups excluding tert-OH is 1. The van der Waals surface area contributed by atoms with Crippen LogP contribution in [0.5, 0.6) is 0 Å². The van der Waals surface area contributed by atoms with Crippen molar-refractivity contribution in [3.63, 3.8) is 0 Å². The molecular formula is C17H18FNO2. The van der Waals surface area contributed by atoms with Crippen LogP contribution < -0.4 is 0 Å². The first-order valence-corrected chi connectivity index (χ1v) is 6.78. The molecule has 1 heterocycles. The number of hydrogen-bond acceptors (Lipinski definition) is 3. The molecule has 2 aromatic rings. The molecule has 0 aliphatic rings. The summed E-state index contributed by atoms with van der Waals surface area (Å²) in [5.74, 6) is 6.05. The lowest BCUT2D eigenvalue weighted by atomic mass is 10.1. The van der Waals surface area contributed by atoms with Crippen LogP contribution in [-0.4, -0.2) is 23.7 Å². The van der Waals surface area contributed by atoms with E-state index in [0.717, 1.165) is 11.3 Å². The highest BCUT2D eigenvalue weighted by atomic mass is 19.1. The van der Waals surface area contributed by atoms with Crippen molar-refractivity contribution in [2.45, 2.75) is 19.5 Å². The number of nitrogens with zero attached hydrogens (tertiary/aromatic N) is 1. The lowest BCUT2D eigenvalue weighted by Gasteiger charge is -2.15. The van der Waals surface area contributed by atoms with Crippen molar-refractivity contribution in [3.8, 4) is 11.8 Å². The summed E-state index contributed by atoms with van der Waals surface area (Å²) in [6.07, 6.45) is 2.00. The van der Waals surface area contributed by atoms with Gasteiger partial charge in [0.1, 0.15) is 11.6 Å². The maximum absolute atomic E-state index is 13.6. The topological polar surface area (TPSA) is 36.6 Å². The Balaban J connectivity index is 2.03. The second-order valence-electron chi connectivity index (χ2n) is 4.84. The fourth-order valence-corrected chi connectivity index (χ4v) is 2.02. The average molecular weight is 287 g/mol. The first kappa shape index (κ1) is 15.3. The van der Waals surface area contributed by atoms with Crippen LogP contribution in [0.1, 0.15) is 23.3 Å². The summed E-state index contributed by atoms with van der Waals surface area (Å²) >= 11 is 0. The zero-order chi connectivity index (χ0) is 15.1. The minimum Gasteiger partial charge on any atom is -0.468 e. The summed E-state index contributed by atoms with van der Waals surface area (Å²) in [6, 6.07) is 8.71. The summed E-state index contributed by atoms with van der Waals surface area (Å²) in [7, 11) is 1.98. The quantitative estimate of drug-likeness (QED) is 0.859. The Bertz CT molecular complexity index is 626. The Morgan fingerprint density at radius 2 is 2.14 bits per heavy atom. The smallest absolute Gasteiger partial charge is 0.138 e. The van der Waals surface area contributed by atoms with E-state index in [1.165, 1.54) is 6.07 Å². The molecule has 0 saturated heterocycles. The van der Waals surface area contributed by atoms with E-state index in [2.05, 4.69) is 16.7 Å². The predicted molar refractivity (Wildman–Crippen MR) is 78.9 cm³/mol. The van der Waals surface area contributed by atoms with Crippen LogP contribution in [0.25, 0.3) is 0 Å². The molecule has 0 atom stereocenters. The van der Waals surface area contributed by atoms with Gasteiger partial charge in [0, 0.05) is 13.0 Å². The molecule has 1 aromatic carbocycles. The highest BCUT2D eigenvalue weighted by Crippen LogP contribution is 2.13. The summed E-state index contributed by atoms with van der Waals surface area (Å²) < 4.78 is 18.9. The van der Waals surface area contributed by atoms with E-state index in [9.17, 15) is 4.39 Å². The fourth-order valence-electron chi connectivity index (χ4n) is 2.02. The number of halogens is 1. The molecule has 0 aliphatic heterocycles. The Labute approximate surface area is 124 Å². The van der Waals surface area contributed by atoms with E-state index in [4.69, 9.17) is 9.52 Å². The van der Waals surface area contributed by atoms with Gasteiger partial charge in [-0.1, -0.05) is 17.9 Å². The molecular weight excluding hydrogens is 269 g/mol. The van der Waals surface area contributed by atoms with Crippen molar-refractivity contribution >= 4 is 0 Å². The molecule has 0 unspecified atom stereocenters.